The number of H-pyrrole nitrogens is 1. The molecule has 9 heteroatoms. The number of carbonyl (C=O) groups excluding carboxylic acids is 1. The van der Waals surface area contributed by atoms with E-state index >= 15 is 0 Å². The van der Waals surface area contributed by atoms with E-state index in [1.807, 2.05) is 27.7 Å². The number of rotatable bonds is 8. The minimum absolute atomic E-state index is 0.0378. The number of benzene rings is 1. The number of amides is 1. The van der Waals surface area contributed by atoms with Crippen LogP contribution in [0.4, 0.5) is 11.5 Å². The number of aromatic nitrogens is 2. The Morgan fingerprint density at radius 1 is 1.24 bits per heavy atom. The maximum absolute atomic E-state index is 12.9. The van der Waals surface area contributed by atoms with Crippen molar-refractivity contribution in [2.75, 3.05) is 23.8 Å². The van der Waals surface area contributed by atoms with Crippen molar-refractivity contribution in [2.45, 2.75) is 34.2 Å². The van der Waals surface area contributed by atoms with Gasteiger partial charge in [-0.05, 0) is 30.0 Å². The van der Waals surface area contributed by atoms with Gasteiger partial charge >= 0.3 is 5.69 Å². The van der Waals surface area contributed by atoms with Gasteiger partial charge in [-0.2, -0.15) is 0 Å². The molecule has 1 heterocycles. The summed E-state index contributed by atoms with van der Waals surface area (Å²) in [5.41, 5.74) is 4.82. The molecule has 1 amide bonds. The second kappa shape index (κ2) is 9.65. The summed E-state index contributed by atoms with van der Waals surface area (Å²) < 4.78 is 6.81. The number of nitrogen functional groups attached to an aromatic ring is 1. The number of nitrogens with zero attached hydrogens (tertiary/aromatic N) is 2. The van der Waals surface area contributed by atoms with Crippen LogP contribution >= 0.6 is 11.6 Å². The molecule has 0 aliphatic heterocycles. The van der Waals surface area contributed by atoms with Crippen LogP contribution in [0.1, 0.15) is 27.7 Å². The first kappa shape index (κ1) is 22.5. The van der Waals surface area contributed by atoms with Gasteiger partial charge in [0.15, 0.2) is 12.3 Å². The molecule has 0 aliphatic carbocycles. The fourth-order valence-corrected chi connectivity index (χ4v) is 3.03. The Hall–Kier alpha value is -2.74. The highest BCUT2D eigenvalue weighted by atomic mass is 35.5. The second-order valence-electron chi connectivity index (χ2n) is 7.64. The summed E-state index contributed by atoms with van der Waals surface area (Å²) in [4.78, 5) is 41.2. The van der Waals surface area contributed by atoms with Gasteiger partial charge in [-0.15, -0.1) is 0 Å². The van der Waals surface area contributed by atoms with Crippen LogP contribution in [0.25, 0.3) is 0 Å². The quantitative estimate of drug-likeness (QED) is 0.679. The molecule has 8 nitrogen and oxygen atoms in total. The summed E-state index contributed by atoms with van der Waals surface area (Å²) in [6.45, 7) is 7.91. The predicted octanol–water partition coefficient (Wildman–Crippen LogP) is 2.50. The van der Waals surface area contributed by atoms with Crippen molar-refractivity contribution >= 4 is 29.0 Å². The third kappa shape index (κ3) is 5.87. The lowest BCUT2D eigenvalue weighted by Crippen LogP contribution is -2.44. The second-order valence-corrected chi connectivity index (χ2v) is 8.08. The van der Waals surface area contributed by atoms with E-state index < -0.39 is 17.2 Å². The summed E-state index contributed by atoms with van der Waals surface area (Å²) in [5, 5.41) is 0.482. The van der Waals surface area contributed by atoms with Gasteiger partial charge < -0.3 is 15.4 Å². The standard InChI is InChI=1S/C20H27ClN4O4/c1-12(2)9-24(16(26)11-29-15-7-5-6-14(21)8-15)17-18(22)25(10-13(3)4)20(28)23-19(17)27/h5-8,12-13H,9-11,22H2,1-4H3,(H,23,27,28). The maximum atomic E-state index is 12.9. The molecule has 0 bridgehead atoms. The molecule has 3 N–H and O–H groups in total. The first-order valence-corrected chi connectivity index (χ1v) is 9.79. The fourth-order valence-electron chi connectivity index (χ4n) is 2.85. The van der Waals surface area contributed by atoms with Crippen LogP contribution in [0.15, 0.2) is 33.9 Å². The summed E-state index contributed by atoms with van der Waals surface area (Å²) >= 11 is 5.93. The Morgan fingerprint density at radius 3 is 2.52 bits per heavy atom. The number of halogens is 1. The number of anilines is 2. The van der Waals surface area contributed by atoms with E-state index in [9.17, 15) is 14.4 Å². The van der Waals surface area contributed by atoms with Crippen LogP contribution in [-0.2, 0) is 11.3 Å². The van der Waals surface area contributed by atoms with Gasteiger partial charge in [-0.25, -0.2) is 4.79 Å². The van der Waals surface area contributed by atoms with Crippen LogP contribution in [0.3, 0.4) is 0 Å². The molecule has 1 aromatic carbocycles. The van der Waals surface area contributed by atoms with Crippen molar-refractivity contribution in [3.05, 3.63) is 50.1 Å². The monoisotopic (exact) mass is 422 g/mol. The molecule has 0 aliphatic rings. The van der Waals surface area contributed by atoms with E-state index in [0.717, 1.165) is 0 Å². The van der Waals surface area contributed by atoms with Crippen molar-refractivity contribution in [3.63, 3.8) is 0 Å². The minimum Gasteiger partial charge on any atom is -0.484 e. The number of carbonyl (C=O) groups is 1. The highest BCUT2D eigenvalue weighted by Gasteiger charge is 2.25. The highest BCUT2D eigenvalue weighted by molar-refractivity contribution is 6.30. The van der Waals surface area contributed by atoms with Crippen LogP contribution in [-0.4, -0.2) is 28.6 Å². The molecule has 0 saturated carbocycles. The van der Waals surface area contributed by atoms with Gasteiger partial charge in [-0.1, -0.05) is 45.4 Å². The lowest BCUT2D eigenvalue weighted by molar-refractivity contribution is -0.120. The van der Waals surface area contributed by atoms with Crippen molar-refractivity contribution in [3.8, 4) is 5.75 Å². The zero-order valence-electron chi connectivity index (χ0n) is 17.1. The number of nitrogens with one attached hydrogen (secondary N) is 1. The first-order chi connectivity index (χ1) is 13.6. The molecule has 0 atom stereocenters. The SMILES string of the molecule is CC(C)CN(C(=O)COc1cccc(Cl)c1)c1c(N)n(CC(C)C)c(=O)[nH]c1=O. The van der Waals surface area contributed by atoms with E-state index in [1.165, 1.54) is 9.47 Å². The van der Waals surface area contributed by atoms with E-state index in [4.69, 9.17) is 22.1 Å². The van der Waals surface area contributed by atoms with Crippen LogP contribution < -0.4 is 26.6 Å². The van der Waals surface area contributed by atoms with E-state index in [1.54, 1.807) is 24.3 Å². The Bertz CT molecular complexity index is 981. The van der Waals surface area contributed by atoms with E-state index in [2.05, 4.69) is 4.98 Å². The molecule has 2 aromatic rings. The van der Waals surface area contributed by atoms with Crippen molar-refractivity contribution in [1.29, 1.82) is 0 Å². The normalized spacial score (nSPS) is 11.1. The number of nitrogens with two attached hydrogens (primary N) is 1. The summed E-state index contributed by atoms with van der Waals surface area (Å²) in [7, 11) is 0. The van der Waals surface area contributed by atoms with Gasteiger partial charge in [0, 0.05) is 18.1 Å². The molecular formula is C20H27ClN4O4. The largest absolute Gasteiger partial charge is 0.484 e. The lowest BCUT2D eigenvalue weighted by Gasteiger charge is -2.26. The van der Waals surface area contributed by atoms with Crippen LogP contribution in [0, 0.1) is 11.8 Å². The minimum atomic E-state index is -0.704. The Balaban J connectivity index is 2.40. The Morgan fingerprint density at radius 2 is 1.93 bits per heavy atom. The maximum Gasteiger partial charge on any atom is 0.330 e. The number of ether oxygens (including phenoxy) is 1. The summed E-state index contributed by atoms with van der Waals surface area (Å²) in [6, 6.07) is 6.67. The Labute approximate surface area is 174 Å². The predicted molar refractivity (Wildman–Crippen MR) is 115 cm³/mol. The zero-order valence-corrected chi connectivity index (χ0v) is 17.8. The van der Waals surface area contributed by atoms with Gasteiger partial charge in [0.1, 0.15) is 11.6 Å². The number of aromatic amines is 1. The smallest absolute Gasteiger partial charge is 0.330 e. The van der Waals surface area contributed by atoms with Gasteiger partial charge in [0.05, 0.1) is 0 Å². The molecule has 2 rings (SSSR count). The fraction of sp³-hybridized carbons (Fsp3) is 0.450. The third-order valence-corrected chi connectivity index (χ3v) is 4.27. The Kier molecular flexibility index (Phi) is 7.50. The van der Waals surface area contributed by atoms with Gasteiger partial charge in [0.2, 0.25) is 0 Å². The average molecular weight is 423 g/mol. The van der Waals surface area contributed by atoms with Crippen molar-refractivity contribution < 1.29 is 9.53 Å². The lowest BCUT2D eigenvalue weighted by atomic mass is 10.2. The molecule has 0 radical (unpaired) electrons. The van der Waals surface area contributed by atoms with Crippen molar-refractivity contribution in [2.24, 2.45) is 11.8 Å². The highest BCUT2D eigenvalue weighted by Crippen LogP contribution is 2.21. The first-order valence-electron chi connectivity index (χ1n) is 9.41. The molecular weight excluding hydrogens is 396 g/mol. The van der Waals surface area contributed by atoms with E-state index in [-0.39, 0.29) is 36.5 Å². The molecule has 0 saturated heterocycles. The molecule has 158 valence electrons. The molecule has 1 aromatic heterocycles. The van der Waals surface area contributed by atoms with Crippen LogP contribution in [0.2, 0.25) is 5.02 Å². The summed E-state index contributed by atoms with van der Waals surface area (Å²) in [5.74, 6) is 0.111. The van der Waals surface area contributed by atoms with E-state index in [0.29, 0.717) is 17.3 Å². The third-order valence-electron chi connectivity index (χ3n) is 4.04. The zero-order chi connectivity index (χ0) is 21.7. The number of hydrogen-bond acceptors (Lipinski definition) is 5. The van der Waals surface area contributed by atoms with Crippen LogP contribution in [0.5, 0.6) is 5.75 Å². The average Bonchev–Trinajstić information content (AvgIpc) is 2.62. The molecule has 0 spiro atoms. The molecule has 0 unspecified atom stereocenters. The molecule has 29 heavy (non-hydrogen) atoms. The number of hydrogen-bond donors (Lipinski definition) is 2. The van der Waals surface area contributed by atoms with Gasteiger partial charge in [0.25, 0.3) is 11.5 Å². The van der Waals surface area contributed by atoms with Gasteiger partial charge in [-0.3, -0.25) is 19.1 Å². The molecule has 0 fully saturated rings. The van der Waals surface area contributed by atoms with Crippen molar-refractivity contribution in [1.82, 2.24) is 9.55 Å². The summed E-state index contributed by atoms with van der Waals surface area (Å²) in [6.07, 6.45) is 0. The topological polar surface area (TPSA) is 110 Å².